The molecular formula is C16H22N2O4S2. The molecule has 0 aliphatic heterocycles. The van der Waals surface area contributed by atoms with Crippen LogP contribution in [0.2, 0.25) is 0 Å². The fourth-order valence-electron chi connectivity index (χ4n) is 2.21. The molecule has 2 aromatic rings. The number of ether oxygens (including phenoxy) is 2. The maximum absolute atomic E-state index is 12.6. The lowest BCUT2D eigenvalue weighted by atomic mass is 10.3. The van der Waals surface area contributed by atoms with Crippen LogP contribution >= 0.6 is 11.3 Å². The summed E-state index contributed by atoms with van der Waals surface area (Å²) in [6.07, 6.45) is 0. The number of nitrogens with zero attached hydrogens (tertiary/aromatic N) is 1. The quantitative estimate of drug-likeness (QED) is 0.773. The first-order chi connectivity index (χ1) is 11.4. The zero-order chi connectivity index (χ0) is 17.7. The molecule has 1 aromatic carbocycles. The van der Waals surface area contributed by atoms with E-state index in [2.05, 4.69) is 9.71 Å². The monoisotopic (exact) mass is 370 g/mol. The van der Waals surface area contributed by atoms with Crippen LogP contribution < -0.4 is 14.2 Å². The molecule has 0 atom stereocenters. The lowest BCUT2D eigenvalue weighted by Gasteiger charge is -2.13. The minimum atomic E-state index is -3.70. The van der Waals surface area contributed by atoms with Crippen LogP contribution in [0.25, 0.3) is 0 Å². The van der Waals surface area contributed by atoms with Gasteiger partial charge in [-0.05, 0) is 39.8 Å². The van der Waals surface area contributed by atoms with E-state index in [9.17, 15) is 8.42 Å². The Bertz CT molecular complexity index is 800. The predicted octanol–water partition coefficient (Wildman–Crippen LogP) is 3.04. The number of hydrogen-bond donors (Lipinski definition) is 1. The van der Waals surface area contributed by atoms with Crippen LogP contribution in [0.4, 0.5) is 0 Å². The molecule has 1 heterocycles. The van der Waals surface area contributed by atoms with E-state index < -0.39 is 10.0 Å². The van der Waals surface area contributed by atoms with Gasteiger partial charge in [0.05, 0.1) is 23.9 Å². The Morgan fingerprint density at radius 3 is 2.46 bits per heavy atom. The Kier molecular flexibility index (Phi) is 6.20. The van der Waals surface area contributed by atoms with Crippen molar-refractivity contribution in [2.45, 2.75) is 39.1 Å². The van der Waals surface area contributed by atoms with Gasteiger partial charge in [0.1, 0.15) is 16.4 Å². The van der Waals surface area contributed by atoms with E-state index in [1.54, 1.807) is 19.1 Å². The maximum atomic E-state index is 12.6. The van der Waals surface area contributed by atoms with Gasteiger partial charge < -0.3 is 9.47 Å². The molecule has 132 valence electrons. The summed E-state index contributed by atoms with van der Waals surface area (Å²) in [5.41, 5.74) is 0.844. The van der Waals surface area contributed by atoms with Gasteiger partial charge in [0, 0.05) is 17.5 Å². The summed E-state index contributed by atoms with van der Waals surface area (Å²) >= 11 is 1.48. The Morgan fingerprint density at radius 1 is 1.17 bits per heavy atom. The second kappa shape index (κ2) is 7.96. The molecule has 0 unspecified atom stereocenters. The highest BCUT2D eigenvalue weighted by Crippen LogP contribution is 2.29. The molecule has 24 heavy (non-hydrogen) atoms. The van der Waals surface area contributed by atoms with Crippen molar-refractivity contribution in [3.8, 4) is 11.5 Å². The molecule has 0 saturated carbocycles. The SMILES string of the molecule is CCOc1ccc(S(=O)(=O)NCc2sc(C)nc2C)c(OCC)c1. The predicted molar refractivity (Wildman–Crippen MR) is 94.4 cm³/mol. The van der Waals surface area contributed by atoms with E-state index in [1.807, 2.05) is 20.8 Å². The summed E-state index contributed by atoms with van der Waals surface area (Å²) < 4.78 is 38.8. The van der Waals surface area contributed by atoms with E-state index >= 15 is 0 Å². The van der Waals surface area contributed by atoms with Crippen LogP contribution in [0.15, 0.2) is 23.1 Å². The first-order valence-corrected chi connectivity index (χ1v) is 9.99. The van der Waals surface area contributed by atoms with Gasteiger partial charge in [-0.2, -0.15) is 0 Å². The molecule has 0 saturated heterocycles. The molecule has 6 nitrogen and oxygen atoms in total. The van der Waals surface area contributed by atoms with Crippen molar-refractivity contribution in [1.82, 2.24) is 9.71 Å². The van der Waals surface area contributed by atoms with Gasteiger partial charge in [0.2, 0.25) is 10.0 Å². The standard InChI is InChI=1S/C16H22N2O4S2/c1-5-21-13-7-8-16(14(9-13)22-6-2)24(19,20)17-10-15-11(3)18-12(4)23-15/h7-9,17H,5-6,10H2,1-4H3. The second-order valence-corrected chi connectivity index (χ2v) is 8.06. The van der Waals surface area contributed by atoms with Gasteiger partial charge >= 0.3 is 0 Å². The summed E-state index contributed by atoms with van der Waals surface area (Å²) in [4.78, 5) is 5.31. The van der Waals surface area contributed by atoms with Gasteiger partial charge in [0.15, 0.2) is 0 Å². The van der Waals surface area contributed by atoms with Crippen LogP contribution in [-0.2, 0) is 16.6 Å². The maximum Gasteiger partial charge on any atom is 0.244 e. The number of rotatable bonds is 8. The third-order valence-electron chi connectivity index (χ3n) is 3.24. The number of aromatic nitrogens is 1. The summed E-state index contributed by atoms with van der Waals surface area (Å²) in [6, 6.07) is 4.73. The molecule has 0 radical (unpaired) electrons. The van der Waals surface area contributed by atoms with Crippen molar-refractivity contribution in [3.05, 3.63) is 33.8 Å². The topological polar surface area (TPSA) is 77.5 Å². The number of aryl methyl sites for hydroxylation is 2. The molecule has 2 rings (SSSR count). The molecule has 8 heteroatoms. The van der Waals surface area contributed by atoms with Crippen LogP contribution in [0.1, 0.15) is 29.4 Å². The van der Waals surface area contributed by atoms with E-state index in [-0.39, 0.29) is 17.2 Å². The number of sulfonamides is 1. The summed E-state index contributed by atoms with van der Waals surface area (Å²) in [6.45, 7) is 8.52. The lowest BCUT2D eigenvalue weighted by molar-refractivity contribution is 0.317. The highest BCUT2D eigenvalue weighted by molar-refractivity contribution is 7.89. The van der Waals surface area contributed by atoms with Crippen molar-refractivity contribution < 1.29 is 17.9 Å². The van der Waals surface area contributed by atoms with E-state index in [0.717, 1.165) is 15.6 Å². The minimum absolute atomic E-state index is 0.103. The molecule has 0 fully saturated rings. The fourth-order valence-corrected chi connectivity index (χ4v) is 4.30. The summed E-state index contributed by atoms with van der Waals surface area (Å²) in [5.74, 6) is 0.863. The van der Waals surface area contributed by atoms with Crippen molar-refractivity contribution in [1.29, 1.82) is 0 Å². The summed E-state index contributed by atoms with van der Waals surface area (Å²) in [7, 11) is -3.70. The summed E-state index contributed by atoms with van der Waals surface area (Å²) in [5, 5.41) is 0.915. The Labute approximate surface area is 146 Å². The van der Waals surface area contributed by atoms with Crippen LogP contribution in [0.5, 0.6) is 11.5 Å². The molecule has 0 spiro atoms. The minimum Gasteiger partial charge on any atom is -0.494 e. The third-order valence-corrected chi connectivity index (χ3v) is 5.75. The fraction of sp³-hybridized carbons (Fsp3) is 0.438. The largest absolute Gasteiger partial charge is 0.494 e. The molecule has 0 amide bonds. The smallest absolute Gasteiger partial charge is 0.244 e. The van der Waals surface area contributed by atoms with Crippen LogP contribution in [0, 0.1) is 13.8 Å². The Morgan fingerprint density at radius 2 is 1.88 bits per heavy atom. The van der Waals surface area contributed by atoms with E-state index in [4.69, 9.17) is 9.47 Å². The molecule has 1 N–H and O–H groups in total. The van der Waals surface area contributed by atoms with Crippen LogP contribution in [-0.4, -0.2) is 26.6 Å². The number of nitrogens with one attached hydrogen (secondary N) is 1. The van der Waals surface area contributed by atoms with Gasteiger partial charge in [0.25, 0.3) is 0 Å². The zero-order valence-corrected chi connectivity index (χ0v) is 15.9. The molecular weight excluding hydrogens is 348 g/mol. The van der Waals surface area contributed by atoms with Gasteiger partial charge in [-0.3, -0.25) is 0 Å². The highest BCUT2D eigenvalue weighted by Gasteiger charge is 2.21. The van der Waals surface area contributed by atoms with Gasteiger partial charge in [-0.25, -0.2) is 18.1 Å². The van der Waals surface area contributed by atoms with Gasteiger partial charge in [-0.15, -0.1) is 11.3 Å². The van der Waals surface area contributed by atoms with Crippen molar-refractivity contribution in [2.24, 2.45) is 0 Å². The first kappa shape index (κ1) is 18.7. The zero-order valence-electron chi connectivity index (χ0n) is 14.3. The van der Waals surface area contributed by atoms with Gasteiger partial charge in [-0.1, -0.05) is 0 Å². The lowest BCUT2D eigenvalue weighted by Crippen LogP contribution is -2.23. The first-order valence-electron chi connectivity index (χ1n) is 7.69. The Balaban J connectivity index is 2.25. The van der Waals surface area contributed by atoms with Crippen molar-refractivity contribution in [3.63, 3.8) is 0 Å². The molecule has 0 aliphatic carbocycles. The van der Waals surface area contributed by atoms with E-state index in [0.29, 0.717) is 19.0 Å². The number of thiazole rings is 1. The molecule has 0 aliphatic rings. The normalized spacial score (nSPS) is 11.5. The van der Waals surface area contributed by atoms with E-state index in [1.165, 1.54) is 17.4 Å². The number of benzene rings is 1. The molecule has 0 bridgehead atoms. The third kappa shape index (κ3) is 4.46. The average molecular weight is 370 g/mol. The molecule has 1 aromatic heterocycles. The number of hydrogen-bond acceptors (Lipinski definition) is 6. The van der Waals surface area contributed by atoms with Crippen molar-refractivity contribution in [2.75, 3.05) is 13.2 Å². The Hall–Kier alpha value is -1.64. The van der Waals surface area contributed by atoms with Crippen LogP contribution in [0.3, 0.4) is 0 Å². The average Bonchev–Trinajstić information content (AvgIpc) is 2.84. The second-order valence-electron chi connectivity index (χ2n) is 5.04. The highest BCUT2D eigenvalue weighted by atomic mass is 32.2. The van der Waals surface area contributed by atoms with Crippen molar-refractivity contribution >= 4 is 21.4 Å².